The number of hydrogen-bond donors (Lipinski definition) is 1. The summed E-state index contributed by atoms with van der Waals surface area (Å²) in [6, 6.07) is 21.6. The number of piperazine rings is 1. The van der Waals surface area contributed by atoms with Crippen molar-refractivity contribution in [2.24, 2.45) is 0 Å². The molecule has 1 saturated heterocycles. The standard InChI is InChI=1S/C26H26ClN3O4S/c27-23-11-10-20(35(32,33)30-15-13-29(14-16-30)19-6-2-1-3-7-19)18-22(23)26(31)28-24-12-17-34-25-9-5-4-8-21(24)25/h1-11,18,24H,12-17H2,(H,28,31). The maximum absolute atomic E-state index is 13.4. The van der Waals surface area contributed by atoms with Crippen LogP contribution in [-0.2, 0) is 10.0 Å². The number of sulfonamides is 1. The van der Waals surface area contributed by atoms with Crippen LogP contribution < -0.4 is 15.0 Å². The second-order valence-corrected chi connectivity index (χ2v) is 10.9. The molecule has 2 aliphatic heterocycles. The van der Waals surface area contributed by atoms with Gasteiger partial charge in [0.2, 0.25) is 10.0 Å². The van der Waals surface area contributed by atoms with Crippen molar-refractivity contribution < 1.29 is 17.9 Å². The summed E-state index contributed by atoms with van der Waals surface area (Å²) in [5.74, 6) is 0.323. The van der Waals surface area contributed by atoms with Crippen LogP contribution in [0.4, 0.5) is 5.69 Å². The van der Waals surface area contributed by atoms with Gasteiger partial charge in [0.1, 0.15) is 5.75 Å². The van der Waals surface area contributed by atoms with E-state index in [-0.39, 0.29) is 21.5 Å². The number of para-hydroxylation sites is 2. The summed E-state index contributed by atoms with van der Waals surface area (Å²) in [5, 5.41) is 3.20. The van der Waals surface area contributed by atoms with E-state index < -0.39 is 15.9 Å². The topological polar surface area (TPSA) is 78.9 Å². The normalized spacial score (nSPS) is 18.4. The van der Waals surface area contributed by atoms with Crippen LogP contribution in [0.15, 0.2) is 77.7 Å². The largest absolute Gasteiger partial charge is 0.493 e. The van der Waals surface area contributed by atoms with Crippen LogP contribution in [0, 0.1) is 0 Å². The van der Waals surface area contributed by atoms with E-state index in [9.17, 15) is 13.2 Å². The molecule has 0 spiro atoms. The molecule has 1 amide bonds. The quantitative estimate of drug-likeness (QED) is 0.558. The van der Waals surface area contributed by atoms with Gasteiger partial charge >= 0.3 is 0 Å². The molecule has 1 N–H and O–H groups in total. The Bertz CT molecular complexity index is 1330. The number of rotatable bonds is 5. The minimum absolute atomic E-state index is 0.0626. The third-order valence-electron chi connectivity index (χ3n) is 6.44. The second kappa shape index (κ2) is 9.89. The fourth-order valence-corrected chi connectivity index (χ4v) is 6.19. The molecule has 0 aliphatic carbocycles. The predicted octanol–water partition coefficient (Wildman–Crippen LogP) is 4.10. The molecule has 7 nitrogen and oxygen atoms in total. The maximum Gasteiger partial charge on any atom is 0.253 e. The number of ether oxygens (including phenoxy) is 1. The molecule has 0 saturated carbocycles. The average molecular weight is 512 g/mol. The Hall–Kier alpha value is -3.07. The van der Waals surface area contributed by atoms with Crippen molar-refractivity contribution >= 4 is 33.2 Å². The van der Waals surface area contributed by atoms with Crippen molar-refractivity contribution in [3.05, 3.63) is 88.9 Å². The lowest BCUT2D eigenvalue weighted by Crippen LogP contribution is -2.48. The Morgan fingerprint density at radius 2 is 1.66 bits per heavy atom. The highest BCUT2D eigenvalue weighted by Gasteiger charge is 2.30. The SMILES string of the molecule is O=C(NC1CCOc2ccccc21)c1cc(S(=O)(=O)N2CCN(c3ccccc3)CC2)ccc1Cl. The molecular formula is C26H26ClN3O4S. The van der Waals surface area contributed by atoms with Crippen LogP contribution in [0.5, 0.6) is 5.75 Å². The van der Waals surface area contributed by atoms with E-state index in [1.165, 1.54) is 22.5 Å². The summed E-state index contributed by atoms with van der Waals surface area (Å²) in [5.41, 5.74) is 2.10. The van der Waals surface area contributed by atoms with Crippen LogP contribution in [0.2, 0.25) is 5.02 Å². The zero-order chi connectivity index (χ0) is 24.4. The van der Waals surface area contributed by atoms with Crippen molar-refractivity contribution in [3.8, 4) is 5.75 Å². The Morgan fingerprint density at radius 1 is 0.943 bits per heavy atom. The summed E-state index contributed by atoms with van der Waals surface area (Å²) in [4.78, 5) is 15.4. The van der Waals surface area contributed by atoms with E-state index >= 15 is 0 Å². The van der Waals surface area contributed by atoms with Crippen LogP contribution in [0.1, 0.15) is 28.4 Å². The highest BCUT2D eigenvalue weighted by Crippen LogP contribution is 2.32. The molecule has 0 radical (unpaired) electrons. The smallest absolute Gasteiger partial charge is 0.253 e. The lowest BCUT2D eigenvalue weighted by atomic mass is 10.00. The van der Waals surface area contributed by atoms with E-state index in [2.05, 4.69) is 10.2 Å². The van der Waals surface area contributed by atoms with E-state index in [0.29, 0.717) is 39.2 Å². The monoisotopic (exact) mass is 511 g/mol. The van der Waals surface area contributed by atoms with Gasteiger partial charge in [0.25, 0.3) is 5.91 Å². The fourth-order valence-electron chi connectivity index (χ4n) is 4.54. The minimum Gasteiger partial charge on any atom is -0.493 e. The Labute approximate surface area is 210 Å². The summed E-state index contributed by atoms with van der Waals surface area (Å²) in [6.07, 6.45) is 0.615. The fraction of sp³-hybridized carbons (Fsp3) is 0.269. The number of nitrogens with zero attached hydrogens (tertiary/aromatic N) is 2. The first-order valence-electron chi connectivity index (χ1n) is 11.6. The molecular weight excluding hydrogens is 486 g/mol. The Morgan fingerprint density at radius 3 is 2.43 bits per heavy atom. The van der Waals surface area contributed by atoms with E-state index in [4.69, 9.17) is 16.3 Å². The molecule has 35 heavy (non-hydrogen) atoms. The highest BCUT2D eigenvalue weighted by atomic mass is 35.5. The van der Waals surface area contributed by atoms with Gasteiger partial charge in [-0.15, -0.1) is 0 Å². The van der Waals surface area contributed by atoms with Gasteiger partial charge in [-0.2, -0.15) is 4.31 Å². The number of hydrogen-bond acceptors (Lipinski definition) is 5. The highest BCUT2D eigenvalue weighted by molar-refractivity contribution is 7.89. The summed E-state index contributed by atoms with van der Waals surface area (Å²) < 4.78 is 33.9. The number of halogens is 1. The summed E-state index contributed by atoms with van der Waals surface area (Å²) >= 11 is 6.33. The number of carbonyl (C=O) groups is 1. The molecule has 0 bridgehead atoms. The predicted molar refractivity (Wildman–Crippen MR) is 136 cm³/mol. The first-order valence-corrected chi connectivity index (χ1v) is 13.4. The third kappa shape index (κ3) is 4.87. The summed E-state index contributed by atoms with van der Waals surface area (Å²) in [7, 11) is -3.77. The number of carbonyl (C=O) groups excluding carboxylic acids is 1. The van der Waals surface area contributed by atoms with Gasteiger partial charge in [-0.3, -0.25) is 4.79 Å². The number of fused-ring (bicyclic) bond motifs is 1. The van der Waals surface area contributed by atoms with Gasteiger partial charge < -0.3 is 15.0 Å². The van der Waals surface area contributed by atoms with Gasteiger partial charge in [0.05, 0.1) is 28.1 Å². The third-order valence-corrected chi connectivity index (χ3v) is 8.67. The van der Waals surface area contributed by atoms with E-state index in [1.807, 2.05) is 54.6 Å². The lowest BCUT2D eigenvalue weighted by molar-refractivity contribution is 0.0924. The van der Waals surface area contributed by atoms with Crippen molar-refractivity contribution in [1.29, 1.82) is 0 Å². The Balaban J connectivity index is 1.32. The maximum atomic E-state index is 13.4. The van der Waals surface area contributed by atoms with Gasteiger partial charge in [-0.1, -0.05) is 48.0 Å². The van der Waals surface area contributed by atoms with Crippen LogP contribution in [0.25, 0.3) is 0 Å². The van der Waals surface area contributed by atoms with Gasteiger partial charge in [0.15, 0.2) is 0 Å². The van der Waals surface area contributed by atoms with Gasteiger partial charge in [-0.05, 0) is 36.4 Å². The van der Waals surface area contributed by atoms with Crippen molar-refractivity contribution in [1.82, 2.24) is 9.62 Å². The molecule has 2 heterocycles. The van der Waals surface area contributed by atoms with Crippen LogP contribution in [-0.4, -0.2) is 51.4 Å². The molecule has 3 aromatic rings. The number of nitrogens with one attached hydrogen (secondary N) is 1. The summed E-state index contributed by atoms with van der Waals surface area (Å²) in [6.45, 7) is 2.39. The molecule has 9 heteroatoms. The number of benzene rings is 3. The molecule has 182 valence electrons. The number of anilines is 1. The van der Waals surface area contributed by atoms with Gasteiger partial charge in [-0.25, -0.2) is 8.42 Å². The number of amides is 1. The molecule has 2 aliphatic rings. The van der Waals surface area contributed by atoms with Crippen molar-refractivity contribution in [2.75, 3.05) is 37.7 Å². The molecule has 1 atom stereocenters. The van der Waals surface area contributed by atoms with Gasteiger partial charge in [0, 0.05) is 43.9 Å². The Kier molecular flexibility index (Phi) is 6.69. The molecule has 1 fully saturated rings. The van der Waals surface area contributed by atoms with Crippen molar-refractivity contribution in [2.45, 2.75) is 17.4 Å². The van der Waals surface area contributed by atoms with Crippen LogP contribution >= 0.6 is 11.6 Å². The first kappa shape index (κ1) is 23.7. The van der Waals surface area contributed by atoms with E-state index in [1.54, 1.807) is 0 Å². The molecule has 0 aromatic heterocycles. The van der Waals surface area contributed by atoms with Crippen molar-refractivity contribution in [3.63, 3.8) is 0 Å². The van der Waals surface area contributed by atoms with E-state index in [0.717, 1.165) is 17.0 Å². The minimum atomic E-state index is -3.77. The zero-order valence-corrected chi connectivity index (χ0v) is 20.6. The molecule has 3 aromatic carbocycles. The average Bonchev–Trinajstić information content (AvgIpc) is 2.89. The zero-order valence-electron chi connectivity index (χ0n) is 19.1. The molecule has 1 unspecified atom stereocenters. The first-order chi connectivity index (χ1) is 16.9. The molecule has 5 rings (SSSR count). The second-order valence-electron chi connectivity index (χ2n) is 8.57. The van der Waals surface area contributed by atoms with Crippen LogP contribution in [0.3, 0.4) is 0 Å². The lowest BCUT2D eigenvalue weighted by Gasteiger charge is -2.35.